The summed E-state index contributed by atoms with van der Waals surface area (Å²) in [5.74, 6) is -1.36. The fourth-order valence-electron chi connectivity index (χ4n) is 2.58. The van der Waals surface area contributed by atoms with E-state index >= 15 is 0 Å². The number of carbonyl (C=O) groups excluding carboxylic acids is 2. The molecule has 0 atom stereocenters. The molecular formula is C20H17FN4O6. The number of hydrogen-bond acceptors (Lipinski definition) is 8. The van der Waals surface area contributed by atoms with Crippen molar-refractivity contribution in [1.29, 1.82) is 0 Å². The lowest BCUT2D eigenvalue weighted by atomic mass is 10.2. The number of ether oxygens (including phenoxy) is 1. The summed E-state index contributed by atoms with van der Waals surface area (Å²) in [7, 11) is 0. The van der Waals surface area contributed by atoms with E-state index in [9.17, 15) is 24.1 Å². The Labute approximate surface area is 175 Å². The first-order valence-corrected chi connectivity index (χ1v) is 9.11. The molecule has 31 heavy (non-hydrogen) atoms. The van der Waals surface area contributed by atoms with E-state index in [1.807, 2.05) is 0 Å². The van der Waals surface area contributed by atoms with E-state index in [1.54, 1.807) is 13.0 Å². The minimum absolute atomic E-state index is 0.0100. The van der Waals surface area contributed by atoms with Crippen molar-refractivity contribution < 1.29 is 28.2 Å². The zero-order valence-corrected chi connectivity index (χ0v) is 16.3. The Kier molecular flexibility index (Phi) is 6.65. The van der Waals surface area contributed by atoms with Gasteiger partial charge in [0.2, 0.25) is 11.7 Å². The van der Waals surface area contributed by atoms with Crippen LogP contribution in [0.25, 0.3) is 11.4 Å². The first-order chi connectivity index (χ1) is 14.8. The molecule has 10 nitrogen and oxygen atoms in total. The predicted molar refractivity (Wildman–Crippen MR) is 105 cm³/mol. The van der Waals surface area contributed by atoms with Crippen LogP contribution in [0, 0.1) is 22.9 Å². The molecule has 11 heteroatoms. The van der Waals surface area contributed by atoms with Gasteiger partial charge in [-0.25, -0.2) is 4.39 Å². The number of aryl methyl sites for hydroxylation is 2. The first kappa shape index (κ1) is 21.6. The van der Waals surface area contributed by atoms with Crippen LogP contribution in [0.15, 0.2) is 47.0 Å². The van der Waals surface area contributed by atoms with E-state index in [0.29, 0.717) is 11.1 Å². The lowest BCUT2D eigenvalue weighted by Crippen LogP contribution is -2.21. The van der Waals surface area contributed by atoms with E-state index in [2.05, 4.69) is 15.5 Å². The lowest BCUT2D eigenvalue weighted by molar-refractivity contribution is -0.384. The number of esters is 1. The fraction of sp³-hybridized carbons (Fsp3) is 0.200. The normalized spacial score (nSPS) is 10.5. The van der Waals surface area contributed by atoms with Gasteiger partial charge in [0.15, 0.2) is 6.61 Å². The van der Waals surface area contributed by atoms with Crippen LogP contribution in [0.2, 0.25) is 0 Å². The topological polar surface area (TPSA) is 137 Å². The van der Waals surface area contributed by atoms with Crippen molar-refractivity contribution in [3.8, 4) is 11.4 Å². The fourth-order valence-corrected chi connectivity index (χ4v) is 2.58. The lowest BCUT2D eigenvalue weighted by Gasteiger charge is -2.07. The molecule has 0 aliphatic carbocycles. The molecule has 1 amide bonds. The van der Waals surface area contributed by atoms with Crippen LogP contribution in [0.3, 0.4) is 0 Å². The highest BCUT2D eigenvalue weighted by atomic mass is 19.1. The molecule has 0 spiro atoms. The molecule has 2 aromatic carbocycles. The van der Waals surface area contributed by atoms with Gasteiger partial charge in [-0.2, -0.15) is 4.98 Å². The van der Waals surface area contributed by atoms with Crippen LogP contribution < -0.4 is 5.32 Å². The summed E-state index contributed by atoms with van der Waals surface area (Å²) < 4.78 is 22.9. The minimum Gasteiger partial charge on any atom is -0.456 e. The summed E-state index contributed by atoms with van der Waals surface area (Å²) in [5, 5.41) is 17.2. The van der Waals surface area contributed by atoms with Crippen molar-refractivity contribution in [3.63, 3.8) is 0 Å². The van der Waals surface area contributed by atoms with Crippen molar-refractivity contribution in [2.24, 2.45) is 0 Å². The van der Waals surface area contributed by atoms with Crippen LogP contribution in [0.4, 0.5) is 15.8 Å². The maximum Gasteiger partial charge on any atom is 0.306 e. The van der Waals surface area contributed by atoms with Gasteiger partial charge < -0.3 is 14.6 Å². The number of hydrogen-bond donors (Lipinski definition) is 1. The largest absolute Gasteiger partial charge is 0.456 e. The second-order valence-electron chi connectivity index (χ2n) is 6.51. The third-order valence-corrected chi connectivity index (χ3v) is 4.10. The monoisotopic (exact) mass is 428 g/mol. The number of nitrogens with zero attached hydrogens (tertiary/aromatic N) is 3. The van der Waals surface area contributed by atoms with E-state index in [4.69, 9.17) is 9.26 Å². The molecule has 3 rings (SSSR count). The van der Waals surface area contributed by atoms with Crippen LogP contribution in [-0.2, 0) is 20.7 Å². The smallest absolute Gasteiger partial charge is 0.306 e. The Morgan fingerprint density at radius 1 is 1.23 bits per heavy atom. The number of nitro groups is 1. The van der Waals surface area contributed by atoms with E-state index in [-0.39, 0.29) is 35.9 Å². The van der Waals surface area contributed by atoms with E-state index in [0.717, 1.165) is 0 Å². The standard InChI is InChI=1S/C20H17FN4O6/c1-12-2-7-15(16(10-12)25(28)29)22-17(26)11-30-19(27)9-8-18-23-20(24-31-18)13-3-5-14(21)6-4-13/h2-7,10H,8-9,11H2,1H3,(H,22,26). The second-order valence-corrected chi connectivity index (χ2v) is 6.51. The number of anilines is 1. The number of nitrogens with one attached hydrogen (secondary N) is 1. The molecule has 1 heterocycles. The molecule has 0 aliphatic heterocycles. The van der Waals surface area contributed by atoms with Crippen LogP contribution in [0.5, 0.6) is 0 Å². The summed E-state index contributed by atoms with van der Waals surface area (Å²) in [5.41, 5.74) is 0.976. The van der Waals surface area contributed by atoms with Gasteiger partial charge in [-0.15, -0.1) is 0 Å². The minimum atomic E-state index is -0.711. The molecule has 1 N–H and O–H groups in total. The number of aromatic nitrogens is 2. The third-order valence-electron chi connectivity index (χ3n) is 4.10. The maximum atomic E-state index is 13.0. The highest BCUT2D eigenvalue weighted by Crippen LogP contribution is 2.25. The highest BCUT2D eigenvalue weighted by Gasteiger charge is 2.17. The summed E-state index contributed by atoms with van der Waals surface area (Å²) in [6.45, 7) is 1.08. The van der Waals surface area contributed by atoms with Crippen LogP contribution in [-0.4, -0.2) is 33.5 Å². The Morgan fingerprint density at radius 2 is 1.97 bits per heavy atom. The zero-order chi connectivity index (χ0) is 22.4. The molecule has 1 aromatic heterocycles. The second kappa shape index (κ2) is 9.57. The Morgan fingerprint density at radius 3 is 2.68 bits per heavy atom. The summed E-state index contributed by atoms with van der Waals surface area (Å²) in [4.78, 5) is 38.4. The summed E-state index contributed by atoms with van der Waals surface area (Å²) >= 11 is 0. The zero-order valence-electron chi connectivity index (χ0n) is 16.3. The molecule has 0 bridgehead atoms. The Balaban J connectivity index is 1.47. The average molecular weight is 428 g/mol. The van der Waals surface area contributed by atoms with Crippen LogP contribution in [0.1, 0.15) is 17.9 Å². The quantitative estimate of drug-likeness (QED) is 0.328. The SMILES string of the molecule is Cc1ccc(NC(=O)COC(=O)CCc2nc(-c3ccc(F)cc3)no2)c([N+](=O)[O-])c1. The van der Waals surface area contributed by atoms with Gasteiger partial charge in [0.25, 0.3) is 11.6 Å². The number of amides is 1. The molecule has 0 saturated heterocycles. The van der Waals surface area contributed by atoms with Crippen molar-refractivity contribution >= 4 is 23.3 Å². The number of carbonyl (C=O) groups is 2. The molecule has 0 radical (unpaired) electrons. The van der Waals surface area contributed by atoms with Crippen LogP contribution >= 0.6 is 0 Å². The molecular weight excluding hydrogens is 411 g/mol. The van der Waals surface area contributed by atoms with Gasteiger partial charge in [-0.3, -0.25) is 19.7 Å². The number of rotatable bonds is 8. The van der Waals surface area contributed by atoms with Gasteiger partial charge in [-0.05, 0) is 42.8 Å². The number of nitro benzene ring substituents is 1. The average Bonchev–Trinajstić information content (AvgIpc) is 3.21. The molecule has 0 aliphatic rings. The Bertz CT molecular complexity index is 1110. The predicted octanol–water partition coefficient (Wildman–Crippen LogP) is 3.21. The number of benzene rings is 2. The maximum absolute atomic E-state index is 13.0. The van der Waals surface area contributed by atoms with Gasteiger partial charge >= 0.3 is 5.97 Å². The van der Waals surface area contributed by atoms with E-state index < -0.39 is 29.2 Å². The molecule has 160 valence electrons. The highest BCUT2D eigenvalue weighted by molar-refractivity contribution is 5.94. The molecule has 0 unspecified atom stereocenters. The van der Waals surface area contributed by atoms with E-state index in [1.165, 1.54) is 36.4 Å². The van der Waals surface area contributed by atoms with Gasteiger partial charge in [-0.1, -0.05) is 11.2 Å². The summed E-state index contributed by atoms with van der Waals surface area (Å²) in [6.07, 6.45) is -0.0406. The van der Waals surface area contributed by atoms with Gasteiger partial charge in [0, 0.05) is 18.1 Å². The van der Waals surface area contributed by atoms with Crippen molar-refractivity contribution in [1.82, 2.24) is 10.1 Å². The number of halogens is 1. The summed E-state index contributed by atoms with van der Waals surface area (Å²) in [6, 6.07) is 9.86. The molecule has 0 saturated carbocycles. The Hall–Kier alpha value is -4.15. The molecule has 0 fully saturated rings. The first-order valence-electron chi connectivity index (χ1n) is 9.11. The third kappa shape index (κ3) is 5.92. The van der Waals surface area contributed by atoms with Crippen molar-refractivity contribution in [2.45, 2.75) is 19.8 Å². The molecule has 3 aromatic rings. The van der Waals surface area contributed by atoms with Crippen molar-refractivity contribution in [2.75, 3.05) is 11.9 Å². The van der Waals surface area contributed by atoms with Crippen molar-refractivity contribution in [3.05, 3.63) is 69.9 Å². The van der Waals surface area contributed by atoms with Gasteiger partial charge in [0.05, 0.1) is 11.3 Å². The van der Waals surface area contributed by atoms with Gasteiger partial charge in [0.1, 0.15) is 11.5 Å².